The molecule has 0 saturated carbocycles. The second-order valence-corrected chi connectivity index (χ2v) is 4.40. The number of nitrogens with one attached hydrogen (secondary N) is 2. The number of carbonyl (C=O) groups is 2. The van der Waals surface area contributed by atoms with Crippen LogP contribution in [0.15, 0.2) is 0 Å². The second-order valence-electron chi connectivity index (χ2n) is 4.40. The summed E-state index contributed by atoms with van der Waals surface area (Å²) in [6.07, 6.45) is 1.45. The summed E-state index contributed by atoms with van der Waals surface area (Å²) < 4.78 is 0. The van der Waals surface area contributed by atoms with E-state index in [0.717, 1.165) is 19.5 Å². The summed E-state index contributed by atoms with van der Waals surface area (Å²) in [5.41, 5.74) is 0. The Kier molecular flexibility index (Phi) is 5.25. The monoisotopic (exact) mass is 228 g/mol. The number of carboxylic acids is 1. The summed E-state index contributed by atoms with van der Waals surface area (Å²) in [4.78, 5) is 22.0. The Morgan fingerprint density at radius 2 is 2.19 bits per heavy atom. The number of rotatable bonds is 7. The fourth-order valence-electron chi connectivity index (χ4n) is 1.69. The molecule has 0 bridgehead atoms. The molecule has 3 N–H and O–H groups in total. The van der Waals surface area contributed by atoms with Crippen molar-refractivity contribution in [2.75, 3.05) is 19.6 Å². The molecule has 92 valence electrons. The van der Waals surface area contributed by atoms with E-state index in [1.54, 1.807) is 0 Å². The fourth-order valence-corrected chi connectivity index (χ4v) is 1.69. The summed E-state index contributed by atoms with van der Waals surface area (Å²) in [6.45, 7) is 4.25. The molecule has 1 saturated heterocycles. The average molecular weight is 228 g/mol. The van der Waals surface area contributed by atoms with E-state index in [-0.39, 0.29) is 18.2 Å². The Morgan fingerprint density at radius 1 is 1.50 bits per heavy atom. The van der Waals surface area contributed by atoms with Crippen LogP contribution >= 0.6 is 0 Å². The van der Waals surface area contributed by atoms with E-state index in [9.17, 15) is 9.59 Å². The van der Waals surface area contributed by atoms with Crippen molar-refractivity contribution in [1.82, 2.24) is 10.6 Å². The predicted molar refractivity (Wildman–Crippen MR) is 60.0 cm³/mol. The highest BCUT2D eigenvalue weighted by Crippen LogP contribution is 2.09. The summed E-state index contributed by atoms with van der Waals surface area (Å²) in [6, 6.07) is 0. The van der Waals surface area contributed by atoms with Gasteiger partial charge < -0.3 is 15.7 Å². The van der Waals surface area contributed by atoms with Crippen LogP contribution in [-0.4, -0.2) is 36.6 Å². The van der Waals surface area contributed by atoms with Gasteiger partial charge in [-0.2, -0.15) is 0 Å². The number of carboxylic acid groups (broad SMARTS) is 1. The van der Waals surface area contributed by atoms with Crippen LogP contribution in [0.1, 0.15) is 26.2 Å². The van der Waals surface area contributed by atoms with Crippen LogP contribution < -0.4 is 10.6 Å². The third kappa shape index (κ3) is 4.61. The van der Waals surface area contributed by atoms with Crippen LogP contribution in [0.5, 0.6) is 0 Å². The van der Waals surface area contributed by atoms with Gasteiger partial charge in [-0.15, -0.1) is 0 Å². The first-order valence-electron chi connectivity index (χ1n) is 5.81. The molecule has 1 amide bonds. The smallest absolute Gasteiger partial charge is 0.303 e. The molecule has 1 aliphatic heterocycles. The molecule has 1 unspecified atom stereocenters. The minimum absolute atomic E-state index is 0.0374. The molecular formula is C11H20N2O3. The molecule has 16 heavy (non-hydrogen) atoms. The molecule has 1 atom stereocenters. The van der Waals surface area contributed by atoms with Crippen molar-refractivity contribution in [2.24, 2.45) is 11.8 Å². The predicted octanol–water partition coefficient (Wildman–Crippen LogP) is 0.213. The summed E-state index contributed by atoms with van der Waals surface area (Å²) in [5.74, 6) is -0.264. The van der Waals surface area contributed by atoms with Crippen molar-refractivity contribution in [3.63, 3.8) is 0 Å². The van der Waals surface area contributed by atoms with Gasteiger partial charge in [0.2, 0.25) is 5.91 Å². The number of amides is 1. The van der Waals surface area contributed by atoms with Crippen LogP contribution in [0.3, 0.4) is 0 Å². The first kappa shape index (κ1) is 13.0. The first-order chi connectivity index (χ1) is 7.61. The van der Waals surface area contributed by atoms with Crippen molar-refractivity contribution < 1.29 is 14.7 Å². The summed E-state index contributed by atoms with van der Waals surface area (Å²) in [7, 11) is 0. The Balaban J connectivity index is 2.14. The van der Waals surface area contributed by atoms with E-state index in [4.69, 9.17) is 5.11 Å². The van der Waals surface area contributed by atoms with Crippen LogP contribution in [0, 0.1) is 11.8 Å². The van der Waals surface area contributed by atoms with Crippen molar-refractivity contribution in [1.29, 1.82) is 0 Å². The van der Waals surface area contributed by atoms with Crippen LogP contribution in [0.4, 0.5) is 0 Å². The molecule has 0 aromatic heterocycles. The standard InChI is InChI=1S/C11H20N2O3/c1-2-8(4-11(15)16)7-13-10(14)3-9-5-12-6-9/h8-9,12H,2-7H2,1H3,(H,13,14)(H,15,16). The zero-order valence-corrected chi connectivity index (χ0v) is 9.66. The maximum atomic E-state index is 11.5. The van der Waals surface area contributed by atoms with E-state index in [0.29, 0.717) is 18.9 Å². The number of carbonyl (C=O) groups excluding carboxylic acids is 1. The minimum Gasteiger partial charge on any atom is -0.481 e. The molecule has 1 aliphatic rings. The van der Waals surface area contributed by atoms with Gasteiger partial charge in [-0.25, -0.2) is 0 Å². The number of hydrogen-bond donors (Lipinski definition) is 3. The van der Waals surface area contributed by atoms with Crippen molar-refractivity contribution in [3.05, 3.63) is 0 Å². The fraction of sp³-hybridized carbons (Fsp3) is 0.818. The van der Waals surface area contributed by atoms with E-state index in [1.807, 2.05) is 6.92 Å². The Bertz CT molecular complexity index is 252. The quantitative estimate of drug-likeness (QED) is 0.582. The summed E-state index contributed by atoms with van der Waals surface area (Å²) in [5, 5.41) is 14.6. The SMILES string of the molecule is CCC(CNC(=O)CC1CNC1)CC(=O)O. The van der Waals surface area contributed by atoms with Crippen LogP contribution in [0.2, 0.25) is 0 Å². The number of hydrogen-bond acceptors (Lipinski definition) is 3. The molecule has 0 aliphatic carbocycles. The lowest BCUT2D eigenvalue weighted by atomic mass is 9.98. The third-order valence-electron chi connectivity index (χ3n) is 2.97. The van der Waals surface area contributed by atoms with Crippen molar-refractivity contribution in [2.45, 2.75) is 26.2 Å². The van der Waals surface area contributed by atoms with Gasteiger partial charge in [0.1, 0.15) is 0 Å². The highest BCUT2D eigenvalue weighted by molar-refractivity contribution is 5.76. The number of aliphatic carboxylic acids is 1. The van der Waals surface area contributed by atoms with Crippen molar-refractivity contribution in [3.8, 4) is 0 Å². The highest BCUT2D eigenvalue weighted by atomic mass is 16.4. The van der Waals surface area contributed by atoms with Gasteiger partial charge in [0, 0.05) is 19.4 Å². The van der Waals surface area contributed by atoms with Gasteiger partial charge >= 0.3 is 5.97 Å². The lowest BCUT2D eigenvalue weighted by molar-refractivity contribution is -0.138. The van der Waals surface area contributed by atoms with E-state index >= 15 is 0 Å². The van der Waals surface area contributed by atoms with Gasteiger partial charge in [0.15, 0.2) is 0 Å². The van der Waals surface area contributed by atoms with Gasteiger partial charge in [-0.05, 0) is 24.9 Å². The van der Waals surface area contributed by atoms with Gasteiger partial charge in [-0.3, -0.25) is 9.59 Å². The highest BCUT2D eigenvalue weighted by Gasteiger charge is 2.20. The van der Waals surface area contributed by atoms with Gasteiger partial charge in [0.05, 0.1) is 0 Å². The van der Waals surface area contributed by atoms with Crippen LogP contribution in [0.25, 0.3) is 0 Å². The molecule has 0 aromatic rings. The van der Waals surface area contributed by atoms with Gasteiger partial charge in [-0.1, -0.05) is 13.3 Å². The van der Waals surface area contributed by atoms with E-state index in [1.165, 1.54) is 0 Å². The molecule has 5 nitrogen and oxygen atoms in total. The largest absolute Gasteiger partial charge is 0.481 e. The molecule has 1 fully saturated rings. The Hall–Kier alpha value is -1.10. The lowest BCUT2D eigenvalue weighted by Gasteiger charge is -2.26. The van der Waals surface area contributed by atoms with Crippen molar-refractivity contribution >= 4 is 11.9 Å². The molecule has 5 heteroatoms. The van der Waals surface area contributed by atoms with E-state index < -0.39 is 5.97 Å². The Labute approximate surface area is 95.6 Å². The topological polar surface area (TPSA) is 78.4 Å². The normalized spacial score (nSPS) is 17.6. The zero-order chi connectivity index (χ0) is 12.0. The molecule has 1 rings (SSSR count). The zero-order valence-electron chi connectivity index (χ0n) is 9.66. The van der Waals surface area contributed by atoms with Gasteiger partial charge in [0.25, 0.3) is 0 Å². The van der Waals surface area contributed by atoms with Crippen LogP contribution in [-0.2, 0) is 9.59 Å². The minimum atomic E-state index is -0.802. The summed E-state index contributed by atoms with van der Waals surface area (Å²) >= 11 is 0. The third-order valence-corrected chi connectivity index (χ3v) is 2.97. The molecular weight excluding hydrogens is 208 g/mol. The second kappa shape index (κ2) is 6.48. The maximum Gasteiger partial charge on any atom is 0.303 e. The first-order valence-corrected chi connectivity index (χ1v) is 5.81. The average Bonchev–Trinajstić information content (AvgIpc) is 2.17. The van der Waals surface area contributed by atoms with E-state index in [2.05, 4.69) is 10.6 Å². The Morgan fingerprint density at radius 3 is 2.62 bits per heavy atom. The molecule has 1 heterocycles. The maximum absolute atomic E-state index is 11.5. The lowest BCUT2D eigenvalue weighted by Crippen LogP contribution is -2.45. The molecule has 0 aromatic carbocycles. The molecule has 0 spiro atoms. The molecule has 0 radical (unpaired) electrons.